The van der Waals surface area contributed by atoms with Crippen LogP contribution in [0.5, 0.6) is 0 Å². The molecule has 1 amide bonds. The number of rotatable bonds is 3. The second-order valence-electron chi connectivity index (χ2n) is 5.37. The van der Waals surface area contributed by atoms with E-state index in [1.807, 2.05) is 36.4 Å². The molecule has 1 atom stereocenters. The predicted molar refractivity (Wildman–Crippen MR) is 85.3 cm³/mol. The van der Waals surface area contributed by atoms with Crippen molar-refractivity contribution in [3.8, 4) is 0 Å². The van der Waals surface area contributed by atoms with Gasteiger partial charge < -0.3 is 10.0 Å². The van der Waals surface area contributed by atoms with Crippen molar-refractivity contribution in [2.45, 2.75) is 25.4 Å². The van der Waals surface area contributed by atoms with E-state index < -0.39 is 6.09 Å². The fourth-order valence-corrected chi connectivity index (χ4v) is 3.33. The Morgan fingerprint density at radius 2 is 1.86 bits per heavy atom. The summed E-state index contributed by atoms with van der Waals surface area (Å²) in [5.41, 5.74) is 3.52. The molecule has 1 unspecified atom stereocenters. The van der Waals surface area contributed by atoms with Gasteiger partial charge in [-0.15, -0.1) is 0 Å². The zero-order valence-electron chi connectivity index (χ0n) is 11.5. The molecule has 3 nitrogen and oxygen atoms in total. The molecule has 0 radical (unpaired) electrons. The molecule has 0 bridgehead atoms. The van der Waals surface area contributed by atoms with E-state index in [2.05, 4.69) is 28.1 Å². The zero-order valence-corrected chi connectivity index (χ0v) is 13.1. The first kappa shape index (κ1) is 14.1. The zero-order chi connectivity index (χ0) is 14.8. The Bertz CT molecular complexity index is 657. The van der Waals surface area contributed by atoms with E-state index in [9.17, 15) is 9.90 Å². The third-order valence-corrected chi connectivity index (χ3v) is 4.45. The molecule has 0 spiro atoms. The maximum atomic E-state index is 11.6. The smallest absolute Gasteiger partial charge is 0.407 e. The van der Waals surface area contributed by atoms with Gasteiger partial charge in [0.05, 0.1) is 0 Å². The molecule has 3 rings (SSSR count). The maximum Gasteiger partial charge on any atom is 0.407 e. The lowest BCUT2D eigenvalue weighted by Gasteiger charge is -2.26. The lowest BCUT2D eigenvalue weighted by Crippen LogP contribution is -2.39. The molecule has 0 aliphatic heterocycles. The molecule has 0 saturated heterocycles. The summed E-state index contributed by atoms with van der Waals surface area (Å²) >= 11 is 3.47. The van der Waals surface area contributed by atoms with E-state index in [1.165, 1.54) is 11.1 Å². The first-order valence-corrected chi connectivity index (χ1v) is 7.73. The van der Waals surface area contributed by atoms with Gasteiger partial charge in [0.15, 0.2) is 0 Å². The van der Waals surface area contributed by atoms with Gasteiger partial charge in [-0.25, -0.2) is 4.79 Å². The van der Waals surface area contributed by atoms with E-state index in [0.29, 0.717) is 6.54 Å². The maximum absolute atomic E-state index is 11.6. The highest BCUT2D eigenvalue weighted by molar-refractivity contribution is 9.10. The molecule has 2 aromatic carbocycles. The van der Waals surface area contributed by atoms with Gasteiger partial charge >= 0.3 is 6.09 Å². The molecule has 4 heteroatoms. The van der Waals surface area contributed by atoms with Gasteiger partial charge in [-0.3, -0.25) is 0 Å². The minimum atomic E-state index is -0.851. The molecule has 0 saturated carbocycles. The summed E-state index contributed by atoms with van der Waals surface area (Å²) < 4.78 is 1.05. The van der Waals surface area contributed by atoms with E-state index in [0.717, 1.165) is 22.9 Å². The minimum absolute atomic E-state index is 0.0204. The van der Waals surface area contributed by atoms with Crippen LogP contribution >= 0.6 is 15.9 Å². The number of nitrogens with zero attached hydrogens (tertiary/aromatic N) is 1. The topological polar surface area (TPSA) is 40.5 Å². The van der Waals surface area contributed by atoms with Crippen LogP contribution in [0.3, 0.4) is 0 Å². The Hall–Kier alpha value is -1.81. The van der Waals surface area contributed by atoms with Crippen LogP contribution < -0.4 is 0 Å². The molecule has 2 aromatic rings. The van der Waals surface area contributed by atoms with Crippen LogP contribution in [0, 0.1) is 0 Å². The third kappa shape index (κ3) is 3.10. The molecule has 1 aliphatic carbocycles. The van der Waals surface area contributed by atoms with Crippen LogP contribution in [-0.4, -0.2) is 22.1 Å². The Kier molecular flexibility index (Phi) is 3.97. The summed E-state index contributed by atoms with van der Waals surface area (Å²) in [7, 11) is 0. The minimum Gasteiger partial charge on any atom is -0.465 e. The van der Waals surface area contributed by atoms with E-state index >= 15 is 0 Å². The van der Waals surface area contributed by atoms with Crippen LogP contribution in [0.15, 0.2) is 53.0 Å². The molecular formula is C17H16BrNO2. The summed E-state index contributed by atoms with van der Waals surface area (Å²) in [6, 6.07) is 16.0. The van der Waals surface area contributed by atoms with Crippen molar-refractivity contribution in [1.29, 1.82) is 0 Å². The van der Waals surface area contributed by atoms with Gasteiger partial charge in [-0.1, -0.05) is 52.3 Å². The molecule has 1 N–H and O–H groups in total. The number of benzene rings is 2. The third-order valence-electron chi connectivity index (χ3n) is 3.96. The summed E-state index contributed by atoms with van der Waals surface area (Å²) in [6.45, 7) is 0.440. The molecule has 108 valence electrons. The normalized spacial score (nSPS) is 16.5. The Labute approximate surface area is 132 Å². The highest BCUT2D eigenvalue weighted by atomic mass is 79.9. The molecule has 0 aromatic heterocycles. The number of amides is 1. The fourth-order valence-electron chi connectivity index (χ4n) is 2.92. The Morgan fingerprint density at radius 3 is 2.57 bits per heavy atom. The second kappa shape index (κ2) is 5.90. The van der Waals surface area contributed by atoms with E-state index in [1.54, 1.807) is 4.90 Å². The van der Waals surface area contributed by atoms with Crippen LogP contribution in [0.25, 0.3) is 0 Å². The number of hydrogen-bond donors (Lipinski definition) is 1. The highest BCUT2D eigenvalue weighted by Crippen LogP contribution is 2.29. The second-order valence-corrected chi connectivity index (χ2v) is 6.29. The monoisotopic (exact) mass is 345 g/mol. The molecular weight excluding hydrogens is 330 g/mol. The lowest BCUT2D eigenvalue weighted by molar-refractivity contribution is 0.122. The first-order valence-electron chi connectivity index (χ1n) is 6.94. The SMILES string of the molecule is O=C(O)N(Cc1ccccc1)C1Cc2ccc(Br)cc2C1. The first-order chi connectivity index (χ1) is 10.1. The number of carbonyl (C=O) groups is 1. The molecule has 21 heavy (non-hydrogen) atoms. The van der Waals surface area contributed by atoms with Gasteiger partial charge in [0.2, 0.25) is 0 Å². The van der Waals surface area contributed by atoms with Gasteiger partial charge in [-0.2, -0.15) is 0 Å². The van der Waals surface area contributed by atoms with Gasteiger partial charge in [0.1, 0.15) is 0 Å². The van der Waals surface area contributed by atoms with Crippen LogP contribution in [0.4, 0.5) is 4.79 Å². The predicted octanol–water partition coefficient (Wildman–Crippen LogP) is 4.10. The van der Waals surface area contributed by atoms with Crippen LogP contribution in [0.1, 0.15) is 16.7 Å². The van der Waals surface area contributed by atoms with Crippen molar-refractivity contribution in [3.63, 3.8) is 0 Å². The summed E-state index contributed by atoms with van der Waals surface area (Å²) in [4.78, 5) is 13.2. The molecule has 0 fully saturated rings. The fraction of sp³-hybridized carbons (Fsp3) is 0.235. The van der Waals surface area contributed by atoms with E-state index in [4.69, 9.17) is 0 Å². The standard InChI is InChI=1S/C17H16BrNO2/c18-15-7-6-13-9-16(10-14(13)8-15)19(17(20)21)11-12-4-2-1-3-5-12/h1-8,16H,9-11H2,(H,20,21). The Morgan fingerprint density at radius 1 is 1.14 bits per heavy atom. The average Bonchev–Trinajstić information content (AvgIpc) is 2.88. The van der Waals surface area contributed by atoms with Crippen LogP contribution in [-0.2, 0) is 19.4 Å². The largest absolute Gasteiger partial charge is 0.465 e. The molecule has 1 aliphatic rings. The average molecular weight is 346 g/mol. The number of carboxylic acid groups (broad SMARTS) is 1. The number of hydrogen-bond acceptors (Lipinski definition) is 1. The Balaban J connectivity index is 1.79. The van der Waals surface area contributed by atoms with Gasteiger partial charge in [0, 0.05) is 17.1 Å². The van der Waals surface area contributed by atoms with Crippen molar-refractivity contribution in [3.05, 3.63) is 69.7 Å². The summed E-state index contributed by atoms with van der Waals surface area (Å²) in [5.74, 6) is 0. The quantitative estimate of drug-likeness (QED) is 0.909. The lowest BCUT2D eigenvalue weighted by atomic mass is 10.1. The van der Waals surface area contributed by atoms with Gasteiger partial charge in [-0.05, 0) is 41.7 Å². The molecule has 0 heterocycles. The highest BCUT2D eigenvalue weighted by Gasteiger charge is 2.29. The number of fused-ring (bicyclic) bond motifs is 1. The van der Waals surface area contributed by atoms with Crippen molar-refractivity contribution in [1.82, 2.24) is 4.90 Å². The van der Waals surface area contributed by atoms with Crippen molar-refractivity contribution in [2.75, 3.05) is 0 Å². The number of halogens is 1. The van der Waals surface area contributed by atoms with Crippen LogP contribution in [0.2, 0.25) is 0 Å². The van der Waals surface area contributed by atoms with Crippen molar-refractivity contribution in [2.24, 2.45) is 0 Å². The van der Waals surface area contributed by atoms with Crippen molar-refractivity contribution < 1.29 is 9.90 Å². The summed E-state index contributed by atoms with van der Waals surface area (Å²) in [5, 5.41) is 9.55. The summed E-state index contributed by atoms with van der Waals surface area (Å²) in [6.07, 6.45) is 0.728. The van der Waals surface area contributed by atoms with Crippen molar-refractivity contribution >= 4 is 22.0 Å². The van der Waals surface area contributed by atoms with Gasteiger partial charge in [0.25, 0.3) is 0 Å². The van der Waals surface area contributed by atoms with E-state index in [-0.39, 0.29) is 6.04 Å².